The van der Waals surface area contributed by atoms with E-state index in [-0.39, 0.29) is 6.61 Å². The molecule has 0 bridgehead atoms. The third kappa shape index (κ3) is 4.08. The SMILES string of the molecule is COc1cc(Nc2nc(NCCO)c3ncn(-c4ccccc4)c3n2)cc(OC)c1OC. The Morgan fingerprint density at radius 1 is 0.969 bits per heavy atom. The molecule has 0 unspecified atom stereocenters. The first-order valence-electron chi connectivity index (χ1n) is 9.90. The van der Waals surface area contributed by atoms with Crippen molar-refractivity contribution in [3.05, 3.63) is 48.8 Å². The summed E-state index contributed by atoms with van der Waals surface area (Å²) in [7, 11) is 4.66. The van der Waals surface area contributed by atoms with Gasteiger partial charge in [-0.05, 0) is 12.1 Å². The van der Waals surface area contributed by atoms with Crippen molar-refractivity contribution in [1.82, 2.24) is 19.5 Å². The van der Waals surface area contributed by atoms with Crippen molar-refractivity contribution >= 4 is 28.6 Å². The van der Waals surface area contributed by atoms with Crippen LogP contribution in [0.2, 0.25) is 0 Å². The Bertz CT molecular complexity index is 1190. The van der Waals surface area contributed by atoms with Crippen LogP contribution in [0.5, 0.6) is 17.2 Å². The summed E-state index contributed by atoms with van der Waals surface area (Å²) in [5.41, 5.74) is 2.78. The average Bonchev–Trinajstić information content (AvgIpc) is 3.26. The predicted octanol–water partition coefficient (Wildman–Crippen LogP) is 2.99. The third-order valence-electron chi connectivity index (χ3n) is 4.76. The van der Waals surface area contributed by atoms with Gasteiger partial charge in [-0.2, -0.15) is 9.97 Å². The van der Waals surface area contributed by atoms with Gasteiger partial charge in [-0.15, -0.1) is 0 Å². The first kappa shape index (κ1) is 21.2. The van der Waals surface area contributed by atoms with Crippen LogP contribution in [0, 0.1) is 0 Å². The Hall–Kier alpha value is -4.05. The maximum absolute atomic E-state index is 9.27. The zero-order valence-electron chi connectivity index (χ0n) is 18.0. The van der Waals surface area contributed by atoms with Crippen LogP contribution in [0.3, 0.4) is 0 Å². The van der Waals surface area contributed by atoms with Gasteiger partial charge in [-0.3, -0.25) is 4.57 Å². The summed E-state index contributed by atoms with van der Waals surface area (Å²) in [5, 5.41) is 15.6. The number of aliphatic hydroxyl groups excluding tert-OH is 1. The number of para-hydroxylation sites is 1. The van der Waals surface area contributed by atoms with Crippen LogP contribution in [0.1, 0.15) is 0 Å². The summed E-state index contributed by atoms with van der Waals surface area (Å²) >= 11 is 0. The largest absolute Gasteiger partial charge is 0.493 e. The number of anilines is 3. The quantitative estimate of drug-likeness (QED) is 0.364. The summed E-state index contributed by atoms with van der Waals surface area (Å²) in [4.78, 5) is 13.7. The first-order chi connectivity index (χ1) is 15.7. The highest BCUT2D eigenvalue weighted by molar-refractivity contribution is 5.86. The minimum Gasteiger partial charge on any atom is -0.493 e. The second-order valence-corrected chi connectivity index (χ2v) is 6.71. The van der Waals surface area contributed by atoms with Crippen LogP contribution in [0.4, 0.5) is 17.5 Å². The number of hydrogen-bond acceptors (Lipinski definition) is 9. The number of nitrogens with zero attached hydrogens (tertiary/aromatic N) is 4. The molecule has 4 rings (SSSR count). The summed E-state index contributed by atoms with van der Waals surface area (Å²) in [6.45, 7) is 0.286. The minimum atomic E-state index is -0.0411. The van der Waals surface area contributed by atoms with Crippen molar-refractivity contribution in [3.63, 3.8) is 0 Å². The fourth-order valence-corrected chi connectivity index (χ4v) is 3.31. The number of nitrogens with one attached hydrogen (secondary N) is 2. The van der Waals surface area contributed by atoms with Crippen LogP contribution in [-0.2, 0) is 0 Å². The molecule has 32 heavy (non-hydrogen) atoms. The third-order valence-corrected chi connectivity index (χ3v) is 4.76. The van der Waals surface area contributed by atoms with E-state index >= 15 is 0 Å². The number of hydrogen-bond donors (Lipinski definition) is 3. The molecule has 0 aliphatic carbocycles. The molecular weight excluding hydrogens is 412 g/mol. The lowest BCUT2D eigenvalue weighted by Crippen LogP contribution is -2.10. The van der Waals surface area contributed by atoms with E-state index in [1.807, 2.05) is 34.9 Å². The molecule has 166 valence electrons. The molecule has 0 saturated heterocycles. The number of methoxy groups -OCH3 is 3. The number of aromatic nitrogens is 4. The van der Waals surface area contributed by atoms with Gasteiger partial charge in [-0.25, -0.2) is 4.98 Å². The Labute approximate surface area is 184 Å². The molecule has 0 aliphatic rings. The second kappa shape index (κ2) is 9.40. The highest BCUT2D eigenvalue weighted by Crippen LogP contribution is 2.40. The number of rotatable bonds is 9. The highest BCUT2D eigenvalue weighted by atomic mass is 16.5. The fourth-order valence-electron chi connectivity index (χ4n) is 3.31. The number of aliphatic hydroxyl groups is 1. The van der Waals surface area contributed by atoms with Gasteiger partial charge in [-0.1, -0.05) is 18.2 Å². The fraction of sp³-hybridized carbons (Fsp3) is 0.227. The van der Waals surface area contributed by atoms with Crippen molar-refractivity contribution in [2.24, 2.45) is 0 Å². The standard InChI is InChI=1S/C22H24N6O4/c1-30-16-11-14(12-17(31-2)19(16)32-3)25-22-26-20(23-9-10-29)18-21(27-22)28(13-24-18)15-7-5-4-6-8-15/h4-8,11-13,29H,9-10H2,1-3H3,(H2,23,25,26,27). The van der Waals surface area contributed by atoms with Crippen LogP contribution in [-0.4, -0.2) is 59.1 Å². The first-order valence-corrected chi connectivity index (χ1v) is 9.90. The van der Waals surface area contributed by atoms with Crippen LogP contribution in [0.15, 0.2) is 48.8 Å². The van der Waals surface area contributed by atoms with Crippen molar-refractivity contribution < 1.29 is 19.3 Å². The molecule has 0 fully saturated rings. The lowest BCUT2D eigenvalue weighted by molar-refractivity contribution is 0.311. The number of fused-ring (bicyclic) bond motifs is 1. The molecule has 0 saturated carbocycles. The van der Waals surface area contributed by atoms with E-state index in [1.165, 1.54) is 0 Å². The molecule has 0 atom stereocenters. The Kier molecular flexibility index (Phi) is 6.22. The molecule has 0 spiro atoms. The molecule has 2 aromatic carbocycles. The maximum atomic E-state index is 9.27. The van der Waals surface area contributed by atoms with E-state index in [1.54, 1.807) is 39.8 Å². The maximum Gasteiger partial charge on any atom is 0.231 e. The van der Waals surface area contributed by atoms with Gasteiger partial charge in [0, 0.05) is 30.1 Å². The van der Waals surface area contributed by atoms with Gasteiger partial charge in [0.2, 0.25) is 11.7 Å². The molecular formula is C22H24N6O4. The molecule has 2 aromatic heterocycles. The Morgan fingerprint density at radius 3 is 2.31 bits per heavy atom. The molecule has 0 aliphatic heterocycles. The summed E-state index contributed by atoms with van der Waals surface area (Å²) in [6, 6.07) is 13.3. The van der Waals surface area contributed by atoms with Crippen molar-refractivity contribution in [1.29, 1.82) is 0 Å². The lowest BCUT2D eigenvalue weighted by Gasteiger charge is -2.15. The average molecular weight is 436 g/mol. The Morgan fingerprint density at radius 2 is 1.69 bits per heavy atom. The molecule has 0 radical (unpaired) electrons. The van der Waals surface area contributed by atoms with Crippen molar-refractivity contribution in [2.45, 2.75) is 0 Å². The van der Waals surface area contributed by atoms with Crippen LogP contribution in [0.25, 0.3) is 16.9 Å². The van der Waals surface area contributed by atoms with Crippen LogP contribution >= 0.6 is 0 Å². The Balaban J connectivity index is 1.80. The van der Waals surface area contributed by atoms with Gasteiger partial charge in [0.1, 0.15) is 6.33 Å². The summed E-state index contributed by atoms with van der Waals surface area (Å²) < 4.78 is 18.1. The molecule has 0 amide bonds. The second-order valence-electron chi connectivity index (χ2n) is 6.71. The lowest BCUT2D eigenvalue weighted by atomic mass is 10.2. The molecule has 10 heteroatoms. The van der Waals surface area contributed by atoms with E-state index in [0.717, 1.165) is 5.69 Å². The molecule has 10 nitrogen and oxygen atoms in total. The normalized spacial score (nSPS) is 10.8. The monoisotopic (exact) mass is 436 g/mol. The molecule has 2 heterocycles. The van der Waals surface area contributed by atoms with E-state index in [2.05, 4.69) is 20.6 Å². The zero-order valence-corrected chi connectivity index (χ0v) is 18.0. The van der Waals surface area contributed by atoms with Gasteiger partial charge < -0.3 is 30.0 Å². The number of ether oxygens (including phenoxy) is 3. The van der Waals surface area contributed by atoms with E-state index in [9.17, 15) is 5.11 Å². The summed E-state index contributed by atoms with van der Waals surface area (Å²) in [6.07, 6.45) is 1.70. The molecule has 3 N–H and O–H groups in total. The topological polar surface area (TPSA) is 116 Å². The summed E-state index contributed by atoms with van der Waals surface area (Å²) in [5.74, 6) is 2.34. The van der Waals surface area contributed by atoms with E-state index < -0.39 is 0 Å². The number of benzene rings is 2. The van der Waals surface area contributed by atoms with Gasteiger partial charge in [0.25, 0.3) is 0 Å². The van der Waals surface area contributed by atoms with E-state index in [0.29, 0.717) is 52.4 Å². The van der Waals surface area contributed by atoms with Crippen molar-refractivity contribution in [3.8, 4) is 22.9 Å². The van der Waals surface area contributed by atoms with Crippen LogP contribution < -0.4 is 24.8 Å². The predicted molar refractivity (Wildman–Crippen MR) is 122 cm³/mol. The minimum absolute atomic E-state index is 0.0411. The zero-order chi connectivity index (χ0) is 22.5. The van der Waals surface area contributed by atoms with E-state index in [4.69, 9.17) is 19.2 Å². The molecule has 4 aromatic rings. The highest BCUT2D eigenvalue weighted by Gasteiger charge is 2.17. The van der Waals surface area contributed by atoms with Gasteiger partial charge >= 0.3 is 0 Å². The number of imidazole rings is 1. The smallest absolute Gasteiger partial charge is 0.231 e. The van der Waals surface area contributed by atoms with Crippen molar-refractivity contribution in [2.75, 3.05) is 45.1 Å². The van der Waals surface area contributed by atoms with Gasteiger partial charge in [0.05, 0.1) is 27.9 Å². The van der Waals surface area contributed by atoms with Gasteiger partial charge in [0.15, 0.2) is 28.5 Å².